The van der Waals surface area contributed by atoms with Gasteiger partial charge in [-0.05, 0) is 30.0 Å². The van der Waals surface area contributed by atoms with Crippen LogP contribution in [0.3, 0.4) is 0 Å². The van der Waals surface area contributed by atoms with Gasteiger partial charge in [-0.15, -0.1) is 0 Å². The summed E-state index contributed by atoms with van der Waals surface area (Å²) in [5, 5.41) is 12.2. The summed E-state index contributed by atoms with van der Waals surface area (Å²) < 4.78 is 5.27. The van der Waals surface area contributed by atoms with E-state index in [1.54, 1.807) is 31.6 Å². The number of carbonyl (C=O) groups is 1. The van der Waals surface area contributed by atoms with E-state index in [0.29, 0.717) is 11.3 Å². The number of hydrogen-bond acceptors (Lipinski definition) is 4. The maximum Gasteiger partial charge on any atom is 0.225 e. The number of nitrogens with zero attached hydrogens (tertiary/aromatic N) is 2. The number of hydrogen-bond donors (Lipinski definition) is 1. The van der Waals surface area contributed by atoms with Crippen molar-refractivity contribution < 1.29 is 9.53 Å². The predicted octanol–water partition coefficient (Wildman–Crippen LogP) is 2.57. The third-order valence-electron chi connectivity index (χ3n) is 4.11. The number of benzene rings is 1. The number of nitriles is 1. The van der Waals surface area contributed by atoms with Gasteiger partial charge in [0.15, 0.2) is 0 Å². The molecule has 5 heteroatoms. The molecule has 1 fully saturated rings. The fourth-order valence-corrected chi connectivity index (χ4v) is 2.78. The molecule has 0 radical (unpaired) electrons. The molecule has 0 aliphatic heterocycles. The summed E-state index contributed by atoms with van der Waals surface area (Å²) in [7, 11) is 1.55. The van der Waals surface area contributed by atoms with Gasteiger partial charge in [0, 0.05) is 23.9 Å². The minimum Gasteiger partial charge on any atom is -0.496 e. The molecule has 1 aliphatic carbocycles. The van der Waals surface area contributed by atoms with Crippen LogP contribution in [-0.4, -0.2) is 18.0 Å². The normalized spacial score (nSPS) is 20.2. The third-order valence-corrected chi connectivity index (χ3v) is 4.11. The summed E-state index contributed by atoms with van der Waals surface area (Å²) in [5.41, 5.74) is 1.74. The lowest BCUT2D eigenvalue weighted by molar-refractivity contribution is -0.122. The van der Waals surface area contributed by atoms with Crippen molar-refractivity contribution in [3.05, 3.63) is 59.9 Å². The van der Waals surface area contributed by atoms with Crippen LogP contribution in [0.15, 0.2) is 48.8 Å². The minimum atomic E-state index is -0.714. The van der Waals surface area contributed by atoms with E-state index in [-0.39, 0.29) is 17.7 Å². The zero-order valence-corrected chi connectivity index (χ0v) is 12.8. The molecule has 1 amide bonds. The molecule has 1 N–H and O–H groups in total. The summed E-state index contributed by atoms with van der Waals surface area (Å²) in [6.45, 7) is 0. The van der Waals surface area contributed by atoms with Gasteiger partial charge < -0.3 is 10.1 Å². The number of rotatable bonds is 5. The van der Waals surface area contributed by atoms with Crippen molar-refractivity contribution in [1.29, 1.82) is 5.26 Å². The van der Waals surface area contributed by atoms with Crippen LogP contribution in [0.2, 0.25) is 0 Å². The molecule has 3 atom stereocenters. The molecule has 3 rings (SSSR count). The van der Waals surface area contributed by atoms with E-state index in [1.165, 1.54) is 0 Å². The maximum atomic E-state index is 12.4. The molecule has 0 spiro atoms. The molecule has 23 heavy (non-hydrogen) atoms. The fourth-order valence-electron chi connectivity index (χ4n) is 2.78. The zero-order valence-electron chi connectivity index (χ0n) is 12.8. The number of ether oxygens (including phenoxy) is 1. The summed E-state index contributed by atoms with van der Waals surface area (Å²) in [5.74, 6) is 0.598. The molecule has 1 aliphatic rings. The van der Waals surface area contributed by atoms with Crippen LogP contribution < -0.4 is 10.1 Å². The summed E-state index contributed by atoms with van der Waals surface area (Å²) in [6, 6.07) is 12.5. The van der Waals surface area contributed by atoms with Gasteiger partial charge in [0.25, 0.3) is 0 Å². The molecule has 5 nitrogen and oxygen atoms in total. The lowest BCUT2D eigenvalue weighted by Crippen LogP contribution is -2.29. The summed E-state index contributed by atoms with van der Waals surface area (Å²) >= 11 is 0. The van der Waals surface area contributed by atoms with Crippen molar-refractivity contribution in [2.45, 2.75) is 18.4 Å². The number of pyridine rings is 1. The molecule has 1 saturated carbocycles. The molecule has 2 aromatic rings. The Kier molecular flexibility index (Phi) is 4.24. The first-order valence-corrected chi connectivity index (χ1v) is 7.47. The van der Waals surface area contributed by atoms with Crippen molar-refractivity contribution in [3.63, 3.8) is 0 Å². The lowest BCUT2D eigenvalue weighted by Gasteiger charge is -2.15. The van der Waals surface area contributed by atoms with Crippen molar-refractivity contribution in [2.24, 2.45) is 5.92 Å². The van der Waals surface area contributed by atoms with Crippen LogP contribution in [0.5, 0.6) is 5.75 Å². The van der Waals surface area contributed by atoms with Gasteiger partial charge >= 0.3 is 0 Å². The van der Waals surface area contributed by atoms with Crippen LogP contribution in [0.4, 0.5) is 0 Å². The molecule has 0 unspecified atom stereocenters. The third kappa shape index (κ3) is 3.16. The fraction of sp³-hybridized carbons (Fsp3) is 0.278. The average molecular weight is 307 g/mol. The van der Waals surface area contributed by atoms with E-state index in [2.05, 4.69) is 16.4 Å². The molecule has 0 saturated heterocycles. The second-order valence-electron chi connectivity index (χ2n) is 5.55. The molecular formula is C18H17N3O2. The molecule has 116 valence electrons. The minimum absolute atomic E-state index is 0.0928. The first-order valence-electron chi connectivity index (χ1n) is 7.47. The summed E-state index contributed by atoms with van der Waals surface area (Å²) in [4.78, 5) is 16.5. The number of amides is 1. The Bertz CT molecular complexity index is 739. The quantitative estimate of drug-likeness (QED) is 0.921. The molecule has 1 aromatic carbocycles. The van der Waals surface area contributed by atoms with E-state index in [9.17, 15) is 10.1 Å². The Labute approximate surface area is 134 Å². The van der Waals surface area contributed by atoms with Crippen LogP contribution in [0.25, 0.3) is 0 Å². The van der Waals surface area contributed by atoms with Gasteiger partial charge in [0.05, 0.1) is 13.2 Å². The van der Waals surface area contributed by atoms with E-state index in [0.717, 1.165) is 12.0 Å². The number of methoxy groups -OCH3 is 1. The first-order chi connectivity index (χ1) is 11.2. The van der Waals surface area contributed by atoms with E-state index < -0.39 is 6.04 Å². The Morgan fingerprint density at radius 2 is 2.22 bits per heavy atom. The molecule has 1 aromatic heterocycles. The number of aromatic nitrogens is 1. The Morgan fingerprint density at radius 1 is 1.39 bits per heavy atom. The standard InChI is InChI=1S/C18H17N3O2/c1-23-17-7-3-2-6-13(17)16(10-19)21-18(22)15-9-14(15)12-5-4-8-20-11-12/h2-8,11,14-16H,9H2,1H3,(H,21,22)/t14-,15+,16-/m0/s1. The summed E-state index contributed by atoms with van der Waals surface area (Å²) in [6.07, 6.45) is 4.30. The van der Waals surface area contributed by atoms with Crippen molar-refractivity contribution in [1.82, 2.24) is 10.3 Å². The van der Waals surface area contributed by atoms with Crippen molar-refractivity contribution in [2.75, 3.05) is 7.11 Å². The van der Waals surface area contributed by atoms with Crippen LogP contribution in [-0.2, 0) is 4.79 Å². The topological polar surface area (TPSA) is 75.0 Å². The maximum absolute atomic E-state index is 12.4. The van der Waals surface area contributed by atoms with Crippen molar-refractivity contribution >= 4 is 5.91 Å². The number of carbonyl (C=O) groups excluding carboxylic acids is 1. The SMILES string of the molecule is COc1ccccc1[C@H](C#N)NC(=O)[C@@H]1C[C@H]1c1cccnc1. The van der Waals surface area contributed by atoms with Gasteiger partial charge in [-0.25, -0.2) is 0 Å². The Hall–Kier alpha value is -2.87. The smallest absolute Gasteiger partial charge is 0.225 e. The lowest BCUT2D eigenvalue weighted by atomic mass is 10.1. The second kappa shape index (κ2) is 6.49. The molecule has 0 bridgehead atoms. The largest absolute Gasteiger partial charge is 0.496 e. The highest BCUT2D eigenvalue weighted by Crippen LogP contribution is 2.47. The zero-order chi connectivity index (χ0) is 16.2. The van der Waals surface area contributed by atoms with Gasteiger partial charge in [-0.3, -0.25) is 9.78 Å². The first kappa shape index (κ1) is 15.0. The number of para-hydroxylation sites is 1. The highest BCUT2D eigenvalue weighted by atomic mass is 16.5. The number of nitrogens with one attached hydrogen (secondary N) is 1. The van der Waals surface area contributed by atoms with Gasteiger partial charge in [0.2, 0.25) is 5.91 Å². The highest BCUT2D eigenvalue weighted by Gasteiger charge is 2.44. The van der Waals surface area contributed by atoms with Gasteiger partial charge in [0.1, 0.15) is 11.8 Å². The molecule has 1 heterocycles. The van der Waals surface area contributed by atoms with Gasteiger partial charge in [-0.2, -0.15) is 5.26 Å². The van der Waals surface area contributed by atoms with Crippen LogP contribution in [0, 0.1) is 17.2 Å². The van der Waals surface area contributed by atoms with E-state index in [1.807, 2.05) is 24.3 Å². The van der Waals surface area contributed by atoms with Gasteiger partial charge in [-0.1, -0.05) is 24.3 Å². The van der Waals surface area contributed by atoms with Crippen LogP contribution in [0.1, 0.15) is 29.5 Å². The molecular weight excluding hydrogens is 290 g/mol. The highest BCUT2D eigenvalue weighted by molar-refractivity contribution is 5.83. The van der Waals surface area contributed by atoms with Crippen molar-refractivity contribution in [3.8, 4) is 11.8 Å². The second-order valence-corrected chi connectivity index (χ2v) is 5.55. The van der Waals surface area contributed by atoms with E-state index in [4.69, 9.17) is 4.74 Å². The Balaban J connectivity index is 1.69. The monoisotopic (exact) mass is 307 g/mol. The van der Waals surface area contributed by atoms with Crippen LogP contribution >= 0.6 is 0 Å². The average Bonchev–Trinajstić information content (AvgIpc) is 3.41. The Morgan fingerprint density at radius 3 is 2.91 bits per heavy atom. The van der Waals surface area contributed by atoms with E-state index >= 15 is 0 Å². The predicted molar refractivity (Wildman–Crippen MR) is 84.6 cm³/mol.